The van der Waals surface area contributed by atoms with Crippen molar-refractivity contribution in [1.29, 1.82) is 0 Å². The fourth-order valence-corrected chi connectivity index (χ4v) is 2.66. The Bertz CT molecular complexity index is 430. The first-order valence-electron chi connectivity index (χ1n) is 6.80. The topological polar surface area (TPSA) is 64.9 Å². The molecular formula is C14H25N3O. The van der Waals surface area contributed by atoms with Gasteiger partial charge in [-0.2, -0.15) is 4.98 Å². The van der Waals surface area contributed by atoms with E-state index in [1.165, 1.54) is 6.42 Å². The van der Waals surface area contributed by atoms with Crippen LogP contribution in [0.2, 0.25) is 0 Å². The molecule has 1 aliphatic rings. The fraction of sp³-hybridized carbons (Fsp3) is 0.857. The second kappa shape index (κ2) is 4.05. The molecule has 1 heterocycles. The molecular weight excluding hydrogens is 226 g/mol. The Morgan fingerprint density at radius 2 is 1.78 bits per heavy atom. The van der Waals surface area contributed by atoms with E-state index >= 15 is 0 Å². The van der Waals surface area contributed by atoms with E-state index in [-0.39, 0.29) is 10.8 Å². The van der Waals surface area contributed by atoms with Gasteiger partial charge in [-0.05, 0) is 18.3 Å². The number of aromatic nitrogens is 2. The normalized spacial score (nSPS) is 28.3. The van der Waals surface area contributed by atoms with Gasteiger partial charge in [-0.1, -0.05) is 52.6 Å². The van der Waals surface area contributed by atoms with Gasteiger partial charge in [-0.3, -0.25) is 0 Å². The highest BCUT2D eigenvalue weighted by molar-refractivity contribution is 5.13. The minimum atomic E-state index is -0.460. The van der Waals surface area contributed by atoms with Crippen molar-refractivity contribution in [3.8, 4) is 0 Å². The second-order valence-electron chi connectivity index (χ2n) is 7.24. The first-order valence-corrected chi connectivity index (χ1v) is 6.80. The lowest BCUT2D eigenvalue weighted by Crippen LogP contribution is -2.52. The summed E-state index contributed by atoms with van der Waals surface area (Å²) in [7, 11) is 0. The average Bonchev–Trinajstić information content (AvgIpc) is 2.71. The number of hydrogen-bond donors (Lipinski definition) is 1. The van der Waals surface area contributed by atoms with Crippen LogP contribution in [0.5, 0.6) is 0 Å². The van der Waals surface area contributed by atoms with Gasteiger partial charge in [0.15, 0.2) is 5.82 Å². The highest BCUT2D eigenvalue weighted by atomic mass is 16.5. The quantitative estimate of drug-likeness (QED) is 0.832. The van der Waals surface area contributed by atoms with E-state index in [1.807, 2.05) is 0 Å². The molecule has 0 radical (unpaired) electrons. The summed E-state index contributed by atoms with van der Waals surface area (Å²) in [5.41, 5.74) is 6.06. The molecule has 1 aliphatic carbocycles. The van der Waals surface area contributed by atoms with Gasteiger partial charge in [0.25, 0.3) is 0 Å². The van der Waals surface area contributed by atoms with Gasteiger partial charge in [0, 0.05) is 5.41 Å². The van der Waals surface area contributed by atoms with Gasteiger partial charge in [-0.15, -0.1) is 0 Å². The van der Waals surface area contributed by atoms with E-state index in [0.717, 1.165) is 19.3 Å². The summed E-state index contributed by atoms with van der Waals surface area (Å²) in [6.07, 6.45) is 4.42. The van der Waals surface area contributed by atoms with Crippen LogP contribution in [0.3, 0.4) is 0 Å². The molecule has 1 aromatic rings. The maximum absolute atomic E-state index is 6.63. The fourth-order valence-electron chi connectivity index (χ4n) is 2.66. The zero-order chi connectivity index (χ0) is 13.6. The summed E-state index contributed by atoms with van der Waals surface area (Å²) < 4.78 is 5.40. The molecule has 4 nitrogen and oxygen atoms in total. The van der Waals surface area contributed by atoms with E-state index in [9.17, 15) is 0 Å². The van der Waals surface area contributed by atoms with Crippen molar-refractivity contribution in [2.75, 3.05) is 0 Å². The molecule has 2 N–H and O–H groups in total. The van der Waals surface area contributed by atoms with Gasteiger partial charge in [0.05, 0.1) is 5.54 Å². The van der Waals surface area contributed by atoms with E-state index < -0.39 is 5.54 Å². The molecule has 0 bridgehead atoms. The second-order valence-corrected chi connectivity index (χ2v) is 7.24. The van der Waals surface area contributed by atoms with Gasteiger partial charge < -0.3 is 10.3 Å². The molecule has 0 aromatic carbocycles. The Morgan fingerprint density at radius 3 is 2.28 bits per heavy atom. The summed E-state index contributed by atoms with van der Waals surface area (Å²) in [6.45, 7) is 10.6. The van der Waals surface area contributed by atoms with Crippen LogP contribution in [0.15, 0.2) is 4.52 Å². The molecule has 1 unspecified atom stereocenters. The van der Waals surface area contributed by atoms with Crippen molar-refractivity contribution in [2.24, 2.45) is 11.1 Å². The zero-order valence-corrected chi connectivity index (χ0v) is 12.2. The Morgan fingerprint density at radius 1 is 1.17 bits per heavy atom. The Labute approximate surface area is 109 Å². The first-order chi connectivity index (χ1) is 8.17. The summed E-state index contributed by atoms with van der Waals surface area (Å²) in [6, 6.07) is 0. The van der Waals surface area contributed by atoms with Crippen LogP contribution in [-0.4, -0.2) is 10.1 Å². The van der Waals surface area contributed by atoms with Crippen LogP contribution in [0.25, 0.3) is 0 Å². The van der Waals surface area contributed by atoms with Crippen molar-refractivity contribution >= 4 is 0 Å². The van der Waals surface area contributed by atoms with Crippen LogP contribution in [-0.2, 0) is 11.0 Å². The Kier molecular flexibility index (Phi) is 3.05. The van der Waals surface area contributed by atoms with Crippen molar-refractivity contribution in [2.45, 2.75) is 71.3 Å². The molecule has 0 amide bonds. The van der Waals surface area contributed by atoms with E-state index in [0.29, 0.717) is 11.7 Å². The molecule has 0 spiro atoms. The van der Waals surface area contributed by atoms with Gasteiger partial charge in [0.1, 0.15) is 0 Å². The summed E-state index contributed by atoms with van der Waals surface area (Å²) >= 11 is 0. The predicted molar refractivity (Wildman–Crippen MR) is 71.1 cm³/mol. The lowest BCUT2D eigenvalue weighted by molar-refractivity contribution is 0.0871. The lowest BCUT2D eigenvalue weighted by atomic mass is 9.63. The van der Waals surface area contributed by atoms with Gasteiger partial charge in [0.2, 0.25) is 5.89 Å². The minimum absolute atomic E-state index is 0.0181. The Hall–Kier alpha value is -0.900. The van der Waals surface area contributed by atoms with Gasteiger partial charge in [-0.25, -0.2) is 0 Å². The molecule has 1 aromatic heterocycles. The van der Waals surface area contributed by atoms with Crippen LogP contribution in [0.4, 0.5) is 0 Å². The number of nitrogens with zero attached hydrogens (tertiary/aromatic N) is 2. The standard InChI is InChI=1S/C14H25N3O/c1-12(2,3)11-16-10(17-18-11)14(15)9-7-6-8-13(14,4)5/h6-9,15H2,1-5H3. The largest absolute Gasteiger partial charge is 0.339 e. The maximum atomic E-state index is 6.63. The van der Waals surface area contributed by atoms with E-state index in [1.54, 1.807) is 0 Å². The van der Waals surface area contributed by atoms with Crippen LogP contribution in [0, 0.1) is 5.41 Å². The third-order valence-corrected chi connectivity index (χ3v) is 4.30. The molecule has 2 rings (SSSR count). The van der Waals surface area contributed by atoms with E-state index in [4.69, 9.17) is 10.3 Å². The molecule has 1 atom stereocenters. The predicted octanol–water partition coefficient (Wildman–Crippen LogP) is 3.12. The zero-order valence-electron chi connectivity index (χ0n) is 12.2. The smallest absolute Gasteiger partial charge is 0.232 e. The number of nitrogens with two attached hydrogens (primary N) is 1. The molecule has 0 aliphatic heterocycles. The summed E-state index contributed by atoms with van der Waals surface area (Å²) in [5.74, 6) is 1.35. The minimum Gasteiger partial charge on any atom is -0.339 e. The van der Waals surface area contributed by atoms with Crippen LogP contribution >= 0.6 is 0 Å². The van der Waals surface area contributed by atoms with Crippen LogP contribution in [0.1, 0.15) is 72.0 Å². The van der Waals surface area contributed by atoms with Crippen molar-refractivity contribution in [3.63, 3.8) is 0 Å². The van der Waals surface area contributed by atoms with Crippen molar-refractivity contribution in [3.05, 3.63) is 11.7 Å². The van der Waals surface area contributed by atoms with Gasteiger partial charge >= 0.3 is 0 Å². The Balaban J connectivity index is 2.38. The lowest BCUT2D eigenvalue weighted by Gasteiger charge is -2.45. The molecule has 18 heavy (non-hydrogen) atoms. The third-order valence-electron chi connectivity index (χ3n) is 4.30. The number of rotatable bonds is 1. The first kappa shape index (κ1) is 13.5. The highest BCUT2D eigenvalue weighted by Gasteiger charge is 2.48. The SMILES string of the molecule is CC(C)(C)c1nc(C2(N)CCCCC2(C)C)no1. The van der Waals surface area contributed by atoms with Crippen molar-refractivity contribution < 1.29 is 4.52 Å². The third kappa shape index (κ3) is 2.07. The average molecular weight is 251 g/mol. The molecule has 1 saturated carbocycles. The summed E-state index contributed by atoms with van der Waals surface area (Å²) in [4.78, 5) is 4.57. The molecule has 1 fully saturated rings. The molecule has 0 saturated heterocycles. The maximum Gasteiger partial charge on any atom is 0.232 e. The summed E-state index contributed by atoms with van der Waals surface area (Å²) in [5, 5.41) is 4.16. The number of hydrogen-bond acceptors (Lipinski definition) is 4. The molecule has 102 valence electrons. The molecule has 4 heteroatoms. The highest BCUT2D eigenvalue weighted by Crippen LogP contribution is 2.47. The van der Waals surface area contributed by atoms with Crippen LogP contribution < -0.4 is 5.73 Å². The monoisotopic (exact) mass is 251 g/mol. The van der Waals surface area contributed by atoms with Crippen molar-refractivity contribution in [1.82, 2.24) is 10.1 Å². The van der Waals surface area contributed by atoms with E-state index in [2.05, 4.69) is 44.8 Å².